The Kier molecular flexibility index (Phi) is 3.33. The molecule has 2 atom stereocenters. The number of hydrogen-bond acceptors (Lipinski definition) is 3. The molecule has 1 N–H and O–H groups in total. The molecule has 110 valence electrons. The number of cyclic esters (lactones) is 1. The average Bonchev–Trinajstić information content (AvgIpc) is 2.50. The number of amides is 1. The number of carbonyl (C=O) groups excluding carboxylic acids is 1. The highest BCUT2D eigenvalue weighted by molar-refractivity contribution is 5.71. The van der Waals surface area contributed by atoms with Gasteiger partial charge in [-0.25, -0.2) is 4.79 Å². The van der Waals surface area contributed by atoms with Crippen LogP contribution in [0.1, 0.15) is 39.7 Å². The maximum atomic E-state index is 11.8. The van der Waals surface area contributed by atoms with Crippen LogP contribution in [0.3, 0.4) is 0 Å². The summed E-state index contributed by atoms with van der Waals surface area (Å²) in [6.07, 6.45) is 0.0500. The molecule has 1 aromatic rings. The van der Waals surface area contributed by atoms with Crippen molar-refractivity contribution in [3.05, 3.63) is 35.9 Å². The third-order valence-corrected chi connectivity index (χ3v) is 4.58. The molecule has 0 bridgehead atoms. The summed E-state index contributed by atoms with van der Waals surface area (Å²) in [6.45, 7) is 7.60. The number of benzene rings is 1. The highest BCUT2D eigenvalue weighted by Crippen LogP contribution is 2.44. The fraction of sp³-hybridized carbons (Fsp3) is 0.562. The molecule has 1 aromatic carbocycles. The molecule has 0 spiro atoms. The Hall–Kier alpha value is -1.55. The molecule has 1 amide bonds. The lowest BCUT2D eigenvalue weighted by Crippen LogP contribution is -2.55. The Labute approximate surface area is 120 Å². The Morgan fingerprint density at radius 1 is 1.25 bits per heavy atom. The van der Waals surface area contributed by atoms with Gasteiger partial charge < -0.3 is 9.84 Å². The molecule has 4 nitrogen and oxygen atoms in total. The Balaban J connectivity index is 2.31. The Morgan fingerprint density at radius 2 is 1.80 bits per heavy atom. The maximum Gasteiger partial charge on any atom is 0.412 e. The third kappa shape index (κ3) is 2.18. The monoisotopic (exact) mass is 277 g/mol. The molecule has 1 fully saturated rings. The zero-order valence-electron chi connectivity index (χ0n) is 12.8. The zero-order chi connectivity index (χ0) is 15.2. The maximum absolute atomic E-state index is 11.8. The summed E-state index contributed by atoms with van der Waals surface area (Å²) >= 11 is 0. The van der Waals surface area contributed by atoms with Gasteiger partial charge in [-0.2, -0.15) is 0 Å². The molecule has 4 heteroatoms. The standard InChI is InChI=1S/C16H23NO3/c1-14(2,12-9-7-6-8-10-12)11-15(3)16(4,19)17(5)13(18)20-15/h6-10,19H,11H2,1-5H3/t15-,16-/m1/s1. The van der Waals surface area contributed by atoms with Gasteiger partial charge >= 0.3 is 6.09 Å². The van der Waals surface area contributed by atoms with Gasteiger partial charge in [-0.3, -0.25) is 4.90 Å². The minimum absolute atomic E-state index is 0.217. The number of carbonyl (C=O) groups is 1. The average molecular weight is 277 g/mol. The van der Waals surface area contributed by atoms with Crippen LogP contribution in [0.2, 0.25) is 0 Å². The Morgan fingerprint density at radius 3 is 2.25 bits per heavy atom. The largest absolute Gasteiger partial charge is 0.438 e. The van der Waals surface area contributed by atoms with Gasteiger partial charge in [-0.1, -0.05) is 44.2 Å². The third-order valence-electron chi connectivity index (χ3n) is 4.58. The molecule has 0 aromatic heterocycles. The van der Waals surface area contributed by atoms with E-state index in [0.29, 0.717) is 6.42 Å². The predicted molar refractivity (Wildman–Crippen MR) is 77.4 cm³/mol. The first kappa shape index (κ1) is 14.9. The molecular weight excluding hydrogens is 254 g/mol. The number of ether oxygens (including phenoxy) is 1. The van der Waals surface area contributed by atoms with Crippen LogP contribution < -0.4 is 0 Å². The first-order valence-electron chi connectivity index (χ1n) is 6.85. The van der Waals surface area contributed by atoms with E-state index in [9.17, 15) is 9.90 Å². The van der Waals surface area contributed by atoms with Crippen molar-refractivity contribution in [2.75, 3.05) is 7.05 Å². The summed E-state index contributed by atoms with van der Waals surface area (Å²) in [5, 5.41) is 10.6. The topological polar surface area (TPSA) is 49.8 Å². The molecule has 20 heavy (non-hydrogen) atoms. The van der Waals surface area contributed by atoms with Crippen LogP contribution in [-0.4, -0.2) is 34.5 Å². The number of nitrogens with zero attached hydrogens (tertiary/aromatic N) is 1. The minimum atomic E-state index is -1.32. The van der Waals surface area contributed by atoms with Gasteiger partial charge in [0.05, 0.1) is 0 Å². The molecule has 1 aliphatic heterocycles. The molecule has 1 heterocycles. The van der Waals surface area contributed by atoms with Gasteiger partial charge in [0, 0.05) is 13.5 Å². The predicted octanol–water partition coefficient (Wildman–Crippen LogP) is 2.90. The quantitative estimate of drug-likeness (QED) is 0.924. The van der Waals surface area contributed by atoms with Gasteiger partial charge in [-0.05, 0) is 24.8 Å². The summed E-state index contributed by atoms with van der Waals surface area (Å²) in [4.78, 5) is 13.0. The lowest BCUT2D eigenvalue weighted by Gasteiger charge is -2.41. The minimum Gasteiger partial charge on any atom is -0.438 e. The van der Waals surface area contributed by atoms with E-state index in [1.54, 1.807) is 20.9 Å². The summed E-state index contributed by atoms with van der Waals surface area (Å²) in [5.41, 5.74) is -1.33. The van der Waals surface area contributed by atoms with Crippen LogP contribution in [0, 0.1) is 0 Å². The van der Waals surface area contributed by atoms with Crippen molar-refractivity contribution < 1.29 is 14.6 Å². The Bertz CT molecular complexity index is 510. The van der Waals surface area contributed by atoms with Crippen molar-refractivity contribution in [1.82, 2.24) is 4.90 Å². The van der Waals surface area contributed by atoms with E-state index < -0.39 is 17.4 Å². The second-order valence-corrected chi connectivity index (χ2v) is 6.61. The van der Waals surface area contributed by atoms with E-state index in [1.165, 1.54) is 4.90 Å². The van der Waals surface area contributed by atoms with E-state index in [0.717, 1.165) is 5.56 Å². The van der Waals surface area contributed by atoms with Crippen LogP contribution in [0.15, 0.2) is 30.3 Å². The smallest absolute Gasteiger partial charge is 0.412 e. The highest BCUT2D eigenvalue weighted by Gasteiger charge is 2.59. The van der Waals surface area contributed by atoms with Crippen molar-refractivity contribution in [3.63, 3.8) is 0 Å². The first-order valence-corrected chi connectivity index (χ1v) is 6.85. The van der Waals surface area contributed by atoms with Crippen molar-refractivity contribution in [3.8, 4) is 0 Å². The summed E-state index contributed by atoms with van der Waals surface area (Å²) in [6, 6.07) is 10.1. The number of rotatable bonds is 3. The fourth-order valence-electron chi connectivity index (χ4n) is 2.93. The van der Waals surface area contributed by atoms with Gasteiger partial charge in [0.2, 0.25) is 0 Å². The highest BCUT2D eigenvalue weighted by atomic mass is 16.6. The molecular formula is C16H23NO3. The molecule has 1 saturated heterocycles. The van der Waals surface area contributed by atoms with Gasteiger partial charge in [0.1, 0.15) is 0 Å². The van der Waals surface area contributed by atoms with Gasteiger partial charge in [0.15, 0.2) is 11.3 Å². The molecule has 0 radical (unpaired) electrons. The number of likely N-dealkylation sites (N-methyl/N-ethyl adjacent to an activating group) is 1. The van der Waals surface area contributed by atoms with Crippen LogP contribution >= 0.6 is 0 Å². The van der Waals surface area contributed by atoms with Crippen molar-refractivity contribution in [1.29, 1.82) is 0 Å². The van der Waals surface area contributed by atoms with Crippen molar-refractivity contribution in [2.45, 2.75) is 50.9 Å². The van der Waals surface area contributed by atoms with Crippen LogP contribution in [0.25, 0.3) is 0 Å². The van der Waals surface area contributed by atoms with E-state index in [1.807, 2.05) is 18.2 Å². The summed E-state index contributed by atoms with van der Waals surface area (Å²) < 4.78 is 5.47. The molecule has 2 rings (SSSR count). The van der Waals surface area contributed by atoms with E-state index in [-0.39, 0.29) is 5.41 Å². The summed E-state index contributed by atoms with van der Waals surface area (Å²) in [5.74, 6) is 0. The molecule has 1 aliphatic rings. The number of aliphatic hydroxyl groups is 1. The number of hydrogen-bond donors (Lipinski definition) is 1. The van der Waals surface area contributed by atoms with Gasteiger partial charge in [0.25, 0.3) is 0 Å². The normalized spacial score (nSPS) is 30.5. The molecule has 0 unspecified atom stereocenters. The fourth-order valence-corrected chi connectivity index (χ4v) is 2.93. The van der Waals surface area contributed by atoms with Crippen LogP contribution in [-0.2, 0) is 10.2 Å². The second kappa shape index (κ2) is 4.48. The SMILES string of the molecule is CN1C(=O)O[C@](C)(CC(C)(C)c2ccccc2)[C@@]1(C)O. The second-order valence-electron chi connectivity index (χ2n) is 6.61. The lowest BCUT2D eigenvalue weighted by molar-refractivity contribution is -0.140. The summed E-state index contributed by atoms with van der Waals surface area (Å²) in [7, 11) is 1.56. The zero-order valence-corrected chi connectivity index (χ0v) is 12.8. The van der Waals surface area contributed by atoms with E-state index >= 15 is 0 Å². The van der Waals surface area contributed by atoms with Crippen molar-refractivity contribution >= 4 is 6.09 Å². The van der Waals surface area contributed by atoms with Crippen LogP contribution in [0.5, 0.6) is 0 Å². The van der Waals surface area contributed by atoms with Gasteiger partial charge in [-0.15, -0.1) is 0 Å². The van der Waals surface area contributed by atoms with Crippen molar-refractivity contribution in [2.24, 2.45) is 0 Å². The van der Waals surface area contributed by atoms with E-state index in [4.69, 9.17) is 4.74 Å². The molecule has 0 aliphatic carbocycles. The molecule has 0 saturated carbocycles. The van der Waals surface area contributed by atoms with Crippen LogP contribution in [0.4, 0.5) is 4.79 Å². The first-order chi connectivity index (χ1) is 9.10. The lowest BCUT2D eigenvalue weighted by atomic mass is 9.73. The van der Waals surface area contributed by atoms with E-state index in [2.05, 4.69) is 26.0 Å².